The van der Waals surface area contributed by atoms with Crippen LogP contribution in [0.25, 0.3) is 0 Å². The normalized spacial score (nSPS) is 24.5. The molecule has 4 atom stereocenters. The zero-order valence-electron chi connectivity index (χ0n) is 22.7. The number of ether oxygens (including phenoxy) is 3. The lowest BCUT2D eigenvalue weighted by atomic mass is 9.83. The van der Waals surface area contributed by atoms with Gasteiger partial charge in [0.25, 0.3) is 0 Å². The number of rotatable bonds is 11. The number of carboxylic acids is 1. The van der Waals surface area contributed by atoms with Crippen molar-refractivity contribution in [2.45, 2.75) is 69.9 Å². The van der Waals surface area contributed by atoms with Crippen LogP contribution in [0.5, 0.6) is 11.5 Å². The Bertz CT molecular complexity index is 1120. The molecule has 3 aliphatic heterocycles. The molecule has 0 bridgehead atoms. The number of anilines is 1. The second-order valence-corrected chi connectivity index (χ2v) is 10.8. The topological polar surface area (TPSA) is 101 Å². The molecule has 1 N–H and O–H groups in total. The highest BCUT2D eigenvalue weighted by molar-refractivity contribution is 5.94. The molecule has 0 aliphatic carbocycles. The van der Waals surface area contributed by atoms with Crippen LogP contribution in [0.4, 0.5) is 5.69 Å². The Hall–Kier alpha value is -3.17. The van der Waals surface area contributed by atoms with Crippen molar-refractivity contribution in [3.63, 3.8) is 0 Å². The summed E-state index contributed by atoms with van der Waals surface area (Å²) in [4.78, 5) is 34.7. The standard InChI is InChI=1S/C30H39N3O6/c1-2-3-14-33(22-7-6-13-31-17-22)28(34)19-32-18-24(21-9-12-26-27(16-21)39-20-38-26)29(30(35)36)25(32)11-10-23-8-4-5-15-37-23/h6-7,9,12-13,16-17,23-25,29H,2-5,8,10-11,14-15,18-20H2,1H3,(H,35,36)/t23?,24-,25+,29-/m1/s1. The quantitative estimate of drug-likeness (QED) is 0.448. The molecular formula is C30H39N3O6. The maximum atomic E-state index is 13.8. The fourth-order valence-corrected chi connectivity index (χ4v) is 6.21. The molecule has 1 aromatic carbocycles. The predicted octanol–water partition coefficient (Wildman–Crippen LogP) is 4.46. The Balaban J connectivity index is 1.40. The summed E-state index contributed by atoms with van der Waals surface area (Å²) in [6.45, 7) is 4.26. The highest BCUT2D eigenvalue weighted by Crippen LogP contribution is 2.43. The highest BCUT2D eigenvalue weighted by atomic mass is 16.7. The molecule has 5 rings (SSSR count). The molecule has 9 heteroatoms. The molecule has 9 nitrogen and oxygen atoms in total. The summed E-state index contributed by atoms with van der Waals surface area (Å²) in [6, 6.07) is 9.14. The third kappa shape index (κ3) is 6.36. The Morgan fingerprint density at radius 2 is 2.03 bits per heavy atom. The molecule has 39 heavy (non-hydrogen) atoms. The minimum atomic E-state index is -0.836. The molecule has 2 fully saturated rings. The van der Waals surface area contributed by atoms with Gasteiger partial charge in [0, 0.05) is 37.9 Å². The summed E-state index contributed by atoms with van der Waals surface area (Å²) in [5.74, 6) is -0.484. The van der Waals surface area contributed by atoms with Gasteiger partial charge in [-0.3, -0.25) is 19.5 Å². The number of carbonyl (C=O) groups is 2. The third-order valence-corrected chi connectivity index (χ3v) is 8.25. The number of carboxylic acid groups (broad SMARTS) is 1. The average Bonchev–Trinajstić information content (AvgIpc) is 3.57. The Morgan fingerprint density at radius 1 is 1.15 bits per heavy atom. The smallest absolute Gasteiger partial charge is 0.308 e. The fourth-order valence-electron chi connectivity index (χ4n) is 6.21. The van der Waals surface area contributed by atoms with E-state index in [-0.39, 0.29) is 37.3 Å². The molecule has 3 aliphatic rings. The second kappa shape index (κ2) is 12.8. The van der Waals surface area contributed by atoms with Gasteiger partial charge in [-0.25, -0.2) is 0 Å². The maximum Gasteiger partial charge on any atom is 0.308 e. The van der Waals surface area contributed by atoms with E-state index in [1.54, 1.807) is 17.3 Å². The van der Waals surface area contributed by atoms with E-state index in [0.717, 1.165) is 56.4 Å². The number of likely N-dealkylation sites (tertiary alicyclic amines) is 1. The van der Waals surface area contributed by atoms with Crippen LogP contribution in [0.3, 0.4) is 0 Å². The number of unbranched alkanes of at least 4 members (excludes halogenated alkanes) is 1. The summed E-state index contributed by atoms with van der Waals surface area (Å²) >= 11 is 0. The Morgan fingerprint density at radius 3 is 2.77 bits per heavy atom. The lowest BCUT2D eigenvalue weighted by Crippen LogP contribution is -2.45. The fraction of sp³-hybridized carbons (Fsp3) is 0.567. The number of amides is 1. The molecule has 0 radical (unpaired) electrons. The number of fused-ring (bicyclic) bond motifs is 1. The molecule has 1 unspecified atom stereocenters. The summed E-state index contributed by atoms with van der Waals surface area (Å²) in [6.07, 6.45) is 10.1. The van der Waals surface area contributed by atoms with Crippen molar-refractivity contribution in [2.24, 2.45) is 5.92 Å². The van der Waals surface area contributed by atoms with Gasteiger partial charge in [0.1, 0.15) is 0 Å². The molecule has 2 saturated heterocycles. The average molecular weight is 538 g/mol. The zero-order chi connectivity index (χ0) is 27.2. The van der Waals surface area contributed by atoms with Crippen molar-refractivity contribution >= 4 is 17.6 Å². The first-order valence-corrected chi connectivity index (χ1v) is 14.2. The number of aromatic nitrogens is 1. The molecule has 0 spiro atoms. The van der Waals surface area contributed by atoms with E-state index in [9.17, 15) is 14.7 Å². The van der Waals surface area contributed by atoms with Crippen molar-refractivity contribution in [3.8, 4) is 11.5 Å². The number of pyridine rings is 1. The van der Waals surface area contributed by atoms with E-state index in [1.165, 1.54) is 0 Å². The van der Waals surface area contributed by atoms with Crippen LogP contribution >= 0.6 is 0 Å². The minimum absolute atomic E-state index is 0.0363. The largest absolute Gasteiger partial charge is 0.481 e. The number of hydrogen-bond acceptors (Lipinski definition) is 7. The van der Waals surface area contributed by atoms with Gasteiger partial charge in [-0.1, -0.05) is 19.4 Å². The Labute approximate surface area is 230 Å². The summed E-state index contributed by atoms with van der Waals surface area (Å²) in [5, 5.41) is 10.5. The minimum Gasteiger partial charge on any atom is -0.481 e. The highest BCUT2D eigenvalue weighted by Gasteiger charge is 2.47. The van der Waals surface area contributed by atoms with E-state index in [0.29, 0.717) is 31.0 Å². The van der Waals surface area contributed by atoms with Crippen LogP contribution in [0.2, 0.25) is 0 Å². The molecule has 210 valence electrons. The van der Waals surface area contributed by atoms with Gasteiger partial charge in [0.05, 0.1) is 30.5 Å². The number of aliphatic carboxylic acids is 1. The van der Waals surface area contributed by atoms with Crippen molar-refractivity contribution in [2.75, 3.05) is 37.9 Å². The van der Waals surface area contributed by atoms with Crippen molar-refractivity contribution < 1.29 is 28.9 Å². The SMILES string of the molecule is CCCCN(C(=O)CN1C[C@H](c2ccc3c(c2)OCO3)[C@@H](C(=O)O)[C@@H]1CCC1CCCCO1)c1cccnc1. The summed E-state index contributed by atoms with van der Waals surface area (Å²) in [5.41, 5.74) is 1.67. The summed E-state index contributed by atoms with van der Waals surface area (Å²) in [7, 11) is 0. The second-order valence-electron chi connectivity index (χ2n) is 10.8. The van der Waals surface area contributed by atoms with E-state index in [4.69, 9.17) is 14.2 Å². The van der Waals surface area contributed by atoms with Gasteiger partial charge in [0.15, 0.2) is 11.5 Å². The number of nitrogens with zero attached hydrogens (tertiary/aromatic N) is 3. The predicted molar refractivity (Wildman–Crippen MR) is 146 cm³/mol. The first-order chi connectivity index (χ1) is 19.0. The monoisotopic (exact) mass is 537 g/mol. The summed E-state index contributed by atoms with van der Waals surface area (Å²) < 4.78 is 17.0. The van der Waals surface area contributed by atoms with Crippen molar-refractivity contribution in [3.05, 3.63) is 48.3 Å². The lowest BCUT2D eigenvalue weighted by molar-refractivity contribution is -0.143. The molecule has 1 amide bonds. The van der Waals surface area contributed by atoms with Crippen molar-refractivity contribution in [1.29, 1.82) is 0 Å². The van der Waals surface area contributed by atoms with Crippen LogP contribution in [-0.4, -0.2) is 72.0 Å². The van der Waals surface area contributed by atoms with Gasteiger partial charge in [-0.2, -0.15) is 0 Å². The number of hydrogen-bond donors (Lipinski definition) is 1. The van der Waals surface area contributed by atoms with Crippen LogP contribution in [-0.2, 0) is 14.3 Å². The molecule has 0 saturated carbocycles. The molecule has 4 heterocycles. The van der Waals surface area contributed by atoms with Crippen LogP contribution < -0.4 is 14.4 Å². The lowest BCUT2D eigenvalue weighted by Gasteiger charge is -2.31. The zero-order valence-corrected chi connectivity index (χ0v) is 22.7. The van der Waals surface area contributed by atoms with E-state index >= 15 is 0 Å². The van der Waals surface area contributed by atoms with Gasteiger partial charge >= 0.3 is 5.97 Å². The van der Waals surface area contributed by atoms with Gasteiger partial charge in [-0.15, -0.1) is 0 Å². The molecular weight excluding hydrogens is 498 g/mol. The van der Waals surface area contributed by atoms with Crippen LogP contribution in [0, 0.1) is 5.92 Å². The molecule has 2 aromatic rings. The van der Waals surface area contributed by atoms with Gasteiger partial charge < -0.3 is 24.2 Å². The van der Waals surface area contributed by atoms with Gasteiger partial charge in [0.2, 0.25) is 12.7 Å². The first-order valence-electron chi connectivity index (χ1n) is 14.2. The van der Waals surface area contributed by atoms with Crippen LogP contribution in [0.1, 0.15) is 63.4 Å². The van der Waals surface area contributed by atoms with E-state index in [1.807, 2.05) is 30.3 Å². The first kappa shape index (κ1) is 27.4. The third-order valence-electron chi connectivity index (χ3n) is 8.25. The van der Waals surface area contributed by atoms with Gasteiger partial charge in [-0.05, 0) is 68.4 Å². The number of carbonyl (C=O) groups excluding carboxylic acids is 1. The van der Waals surface area contributed by atoms with E-state index in [2.05, 4.69) is 16.8 Å². The van der Waals surface area contributed by atoms with Crippen LogP contribution in [0.15, 0.2) is 42.7 Å². The molecule has 1 aromatic heterocycles. The maximum absolute atomic E-state index is 13.8. The van der Waals surface area contributed by atoms with Crippen molar-refractivity contribution in [1.82, 2.24) is 9.88 Å². The number of benzene rings is 1. The van der Waals surface area contributed by atoms with E-state index < -0.39 is 11.9 Å². The Kier molecular flexibility index (Phi) is 8.98.